The molecule has 0 aliphatic heterocycles. The Hall–Kier alpha value is -2.81. The number of guanidine groups is 1. The number of hydrogen-bond donors (Lipinski definition) is 2. The van der Waals surface area contributed by atoms with Gasteiger partial charge in [-0.25, -0.2) is 0 Å². The van der Waals surface area contributed by atoms with Crippen LogP contribution >= 0.6 is 24.0 Å². The highest BCUT2D eigenvalue weighted by Crippen LogP contribution is 2.20. The Morgan fingerprint density at radius 2 is 1.81 bits per heavy atom. The van der Waals surface area contributed by atoms with E-state index in [4.69, 9.17) is 9.47 Å². The van der Waals surface area contributed by atoms with Crippen molar-refractivity contribution in [1.82, 2.24) is 15.6 Å². The average molecular weight is 546 g/mol. The predicted molar refractivity (Wildman–Crippen MR) is 140 cm³/mol. The second-order valence-corrected chi connectivity index (χ2v) is 7.08. The standard InChI is InChI=1S/C25H30N4O2.HI/c1-4-30-24-14-19(2)11-12-21(24)17-29-25(26-3)28-16-20-8-7-10-23(15-20)31-18-22-9-5-6-13-27-22;/h5-15H,4,16-18H2,1-3H3,(H2,26,28,29);1H. The van der Waals surface area contributed by atoms with E-state index >= 15 is 0 Å². The molecule has 170 valence electrons. The lowest BCUT2D eigenvalue weighted by Crippen LogP contribution is -2.36. The third-order valence-electron chi connectivity index (χ3n) is 4.66. The monoisotopic (exact) mass is 546 g/mol. The van der Waals surface area contributed by atoms with Crippen molar-refractivity contribution < 1.29 is 9.47 Å². The van der Waals surface area contributed by atoms with E-state index in [-0.39, 0.29) is 24.0 Å². The van der Waals surface area contributed by atoms with Crippen LogP contribution in [-0.2, 0) is 19.7 Å². The van der Waals surface area contributed by atoms with E-state index in [0.717, 1.165) is 34.3 Å². The lowest BCUT2D eigenvalue weighted by atomic mass is 10.1. The third-order valence-corrected chi connectivity index (χ3v) is 4.66. The average Bonchev–Trinajstić information content (AvgIpc) is 2.80. The molecule has 1 heterocycles. The van der Waals surface area contributed by atoms with Gasteiger partial charge in [0.25, 0.3) is 0 Å². The van der Waals surface area contributed by atoms with Crippen LogP contribution in [0.2, 0.25) is 0 Å². The van der Waals surface area contributed by atoms with Gasteiger partial charge in [-0.1, -0.05) is 30.3 Å². The lowest BCUT2D eigenvalue weighted by molar-refractivity contribution is 0.301. The van der Waals surface area contributed by atoms with Crippen LogP contribution in [0.15, 0.2) is 71.9 Å². The molecule has 3 rings (SSSR count). The van der Waals surface area contributed by atoms with Crippen LogP contribution < -0.4 is 20.1 Å². The Morgan fingerprint density at radius 1 is 0.969 bits per heavy atom. The molecule has 2 N–H and O–H groups in total. The van der Waals surface area contributed by atoms with Gasteiger partial charge in [-0.15, -0.1) is 24.0 Å². The van der Waals surface area contributed by atoms with Crippen LogP contribution in [0.4, 0.5) is 0 Å². The van der Waals surface area contributed by atoms with Gasteiger partial charge in [0.1, 0.15) is 18.1 Å². The Labute approximate surface area is 207 Å². The summed E-state index contributed by atoms with van der Waals surface area (Å²) < 4.78 is 11.6. The zero-order valence-electron chi connectivity index (χ0n) is 18.8. The second-order valence-electron chi connectivity index (χ2n) is 7.08. The maximum atomic E-state index is 5.87. The highest BCUT2D eigenvalue weighted by molar-refractivity contribution is 14.0. The van der Waals surface area contributed by atoms with Crippen molar-refractivity contribution >= 4 is 29.9 Å². The van der Waals surface area contributed by atoms with E-state index in [9.17, 15) is 0 Å². The quantitative estimate of drug-likeness (QED) is 0.228. The number of hydrogen-bond acceptors (Lipinski definition) is 4. The van der Waals surface area contributed by atoms with Crippen molar-refractivity contribution in [3.8, 4) is 11.5 Å². The van der Waals surface area contributed by atoms with Crippen LogP contribution in [0.25, 0.3) is 0 Å². The highest BCUT2D eigenvalue weighted by atomic mass is 127. The normalized spacial score (nSPS) is 10.8. The number of nitrogens with zero attached hydrogens (tertiary/aromatic N) is 2. The maximum Gasteiger partial charge on any atom is 0.191 e. The second kappa shape index (κ2) is 13.6. The van der Waals surface area contributed by atoms with Crippen LogP contribution in [0.3, 0.4) is 0 Å². The Kier molecular flexibility index (Phi) is 10.8. The van der Waals surface area contributed by atoms with Crippen molar-refractivity contribution in [2.45, 2.75) is 33.5 Å². The van der Waals surface area contributed by atoms with Crippen molar-refractivity contribution in [3.05, 3.63) is 89.2 Å². The molecule has 0 unspecified atom stereocenters. The third kappa shape index (κ3) is 8.03. The molecule has 7 heteroatoms. The zero-order chi connectivity index (χ0) is 21.9. The minimum atomic E-state index is 0. The molecule has 0 bridgehead atoms. The molecule has 6 nitrogen and oxygen atoms in total. The van der Waals surface area contributed by atoms with E-state index in [1.54, 1.807) is 13.2 Å². The van der Waals surface area contributed by atoms with Crippen LogP contribution in [0.1, 0.15) is 29.3 Å². The molecular weight excluding hydrogens is 515 g/mol. The summed E-state index contributed by atoms with van der Waals surface area (Å²) in [6.45, 7) is 6.40. The molecule has 1 aromatic heterocycles. The number of aliphatic imine (C=N–C) groups is 1. The van der Waals surface area contributed by atoms with E-state index in [1.165, 1.54) is 5.56 Å². The first-order chi connectivity index (χ1) is 15.2. The Morgan fingerprint density at radius 3 is 2.56 bits per heavy atom. The maximum absolute atomic E-state index is 5.87. The zero-order valence-corrected chi connectivity index (χ0v) is 21.1. The van der Waals surface area contributed by atoms with E-state index in [2.05, 4.69) is 51.8 Å². The first-order valence-electron chi connectivity index (χ1n) is 10.5. The molecule has 0 saturated carbocycles. The Balaban J connectivity index is 0.00000363. The Bertz CT molecular complexity index is 996. The number of halogens is 1. The molecule has 32 heavy (non-hydrogen) atoms. The number of rotatable bonds is 9. The fourth-order valence-electron chi connectivity index (χ4n) is 3.07. The number of ether oxygens (including phenoxy) is 2. The number of nitrogens with one attached hydrogen (secondary N) is 2. The van der Waals surface area contributed by atoms with Gasteiger partial charge in [-0.05, 0) is 55.3 Å². The summed E-state index contributed by atoms with van der Waals surface area (Å²) in [7, 11) is 1.76. The van der Waals surface area contributed by atoms with Gasteiger partial charge in [0, 0.05) is 31.9 Å². The summed E-state index contributed by atoms with van der Waals surface area (Å²) >= 11 is 0. The topological polar surface area (TPSA) is 67.8 Å². The van der Waals surface area contributed by atoms with Crippen LogP contribution in [0.5, 0.6) is 11.5 Å². The fourth-order valence-corrected chi connectivity index (χ4v) is 3.07. The molecule has 0 amide bonds. The lowest BCUT2D eigenvalue weighted by Gasteiger charge is -2.15. The number of aryl methyl sites for hydroxylation is 1. The molecular formula is C25H31IN4O2. The SMILES string of the molecule is CCOc1cc(C)ccc1CNC(=NC)NCc1cccc(OCc2ccccn2)c1.I. The summed E-state index contributed by atoms with van der Waals surface area (Å²) in [5.74, 6) is 2.44. The van der Waals surface area contributed by atoms with Gasteiger partial charge in [-0.2, -0.15) is 0 Å². The molecule has 0 spiro atoms. The minimum Gasteiger partial charge on any atom is -0.494 e. The van der Waals surface area contributed by atoms with Gasteiger partial charge < -0.3 is 20.1 Å². The summed E-state index contributed by atoms with van der Waals surface area (Å²) in [5, 5.41) is 6.70. The van der Waals surface area contributed by atoms with Crippen LogP contribution in [0, 0.1) is 6.92 Å². The summed E-state index contributed by atoms with van der Waals surface area (Å²) in [4.78, 5) is 8.61. The van der Waals surface area contributed by atoms with Crippen molar-refractivity contribution in [2.24, 2.45) is 4.99 Å². The summed E-state index contributed by atoms with van der Waals surface area (Å²) in [6.07, 6.45) is 1.77. The molecule has 0 atom stereocenters. The van der Waals surface area contributed by atoms with E-state index in [1.807, 2.05) is 43.3 Å². The molecule has 0 radical (unpaired) electrons. The molecule has 0 saturated heterocycles. The molecule has 2 aromatic carbocycles. The number of aromatic nitrogens is 1. The minimum absolute atomic E-state index is 0. The number of benzene rings is 2. The van der Waals surface area contributed by atoms with E-state index in [0.29, 0.717) is 26.3 Å². The summed E-state index contributed by atoms with van der Waals surface area (Å²) in [5.41, 5.74) is 4.28. The first kappa shape index (κ1) is 25.5. The molecule has 0 aliphatic rings. The van der Waals surface area contributed by atoms with Crippen molar-refractivity contribution in [1.29, 1.82) is 0 Å². The van der Waals surface area contributed by atoms with Crippen molar-refractivity contribution in [3.63, 3.8) is 0 Å². The van der Waals surface area contributed by atoms with Gasteiger partial charge in [0.2, 0.25) is 0 Å². The fraction of sp³-hybridized carbons (Fsp3) is 0.280. The van der Waals surface area contributed by atoms with Gasteiger partial charge in [0.05, 0.1) is 12.3 Å². The number of pyridine rings is 1. The van der Waals surface area contributed by atoms with Crippen LogP contribution in [-0.4, -0.2) is 24.6 Å². The molecule has 0 aliphatic carbocycles. The van der Waals surface area contributed by atoms with E-state index < -0.39 is 0 Å². The van der Waals surface area contributed by atoms with Crippen molar-refractivity contribution in [2.75, 3.05) is 13.7 Å². The molecule has 3 aromatic rings. The summed E-state index contributed by atoms with van der Waals surface area (Å²) in [6, 6.07) is 20.1. The van der Waals surface area contributed by atoms with Gasteiger partial charge in [-0.3, -0.25) is 9.98 Å². The first-order valence-corrected chi connectivity index (χ1v) is 10.5. The van der Waals surface area contributed by atoms with Gasteiger partial charge in [0.15, 0.2) is 5.96 Å². The molecule has 0 fully saturated rings. The highest BCUT2D eigenvalue weighted by Gasteiger charge is 2.06. The van der Waals surface area contributed by atoms with Gasteiger partial charge >= 0.3 is 0 Å². The smallest absolute Gasteiger partial charge is 0.191 e. The predicted octanol–water partition coefficient (Wildman–Crippen LogP) is 4.85. The largest absolute Gasteiger partial charge is 0.494 e.